The topological polar surface area (TPSA) is 205 Å². The van der Waals surface area contributed by atoms with Gasteiger partial charge in [0.1, 0.15) is 11.7 Å². The summed E-state index contributed by atoms with van der Waals surface area (Å²) in [7, 11) is 0. The fourth-order valence-corrected chi connectivity index (χ4v) is 7.68. The minimum Gasteiger partial charge on any atom is -0.481 e. The number of hydrogen-bond acceptors (Lipinski definition) is 10. The molecule has 40 heavy (non-hydrogen) atoms. The highest BCUT2D eigenvalue weighted by atomic mass is 16.6. The quantitative estimate of drug-likeness (QED) is 0.194. The molecular weight excluding hydrogens is 528 g/mol. The number of carbonyl (C=O) groups excluding carboxylic acids is 3. The number of ether oxygens (including phenoxy) is 2. The van der Waals surface area contributed by atoms with Crippen molar-refractivity contribution in [2.24, 2.45) is 29.1 Å². The molecule has 2 saturated carbocycles. The number of hydrogen-bond donors (Lipinski definition) is 5. The summed E-state index contributed by atoms with van der Waals surface area (Å²) in [6.07, 6.45) is -0.452. The van der Waals surface area contributed by atoms with Gasteiger partial charge in [0.05, 0.1) is 37.9 Å². The predicted molar refractivity (Wildman–Crippen MR) is 134 cm³/mol. The molecule has 4 aliphatic rings. The van der Waals surface area contributed by atoms with Crippen molar-refractivity contribution in [3.8, 4) is 0 Å². The molecule has 0 aromatic rings. The number of esters is 2. The van der Waals surface area contributed by atoms with Crippen molar-refractivity contribution in [2.75, 3.05) is 6.61 Å². The number of carbonyl (C=O) groups is 5. The van der Waals surface area contributed by atoms with Crippen LogP contribution in [-0.4, -0.2) is 84.7 Å². The van der Waals surface area contributed by atoms with Gasteiger partial charge < -0.3 is 35.0 Å². The highest BCUT2D eigenvalue weighted by Crippen LogP contribution is 2.77. The highest BCUT2D eigenvalue weighted by Gasteiger charge is 2.87. The van der Waals surface area contributed by atoms with Crippen LogP contribution in [0.2, 0.25) is 0 Å². The molecule has 0 saturated heterocycles. The Balaban J connectivity index is 1.86. The smallest absolute Gasteiger partial charge is 0.307 e. The summed E-state index contributed by atoms with van der Waals surface area (Å²) in [5.74, 6) is -8.65. The molecule has 0 heterocycles. The molecular formula is C28H36O12. The Labute approximate surface area is 230 Å². The third-order valence-corrected chi connectivity index (χ3v) is 9.59. The Hall–Kier alpha value is -3.09. The van der Waals surface area contributed by atoms with Gasteiger partial charge in [-0.3, -0.25) is 24.0 Å². The molecule has 0 radical (unpaired) electrons. The first-order valence-corrected chi connectivity index (χ1v) is 13.3. The van der Waals surface area contributed by atoms with E-state index in [4.69, 9.17) is 19.7 Å². The van der Waals surface area contributed by atoms with Gasteiger partial charge in [-0.2, -0.15) is 0 Å². The SMILES string of the molecule is CC1=C[C@H]2[C@@]3(O)[C@H](C)[C@@H](OC(=O)CCC(=O)O)[C@]4(OC(=O)CCC(=O)O)[C@H]([C@@H]3C=C(CO)C[C@]2(O)C1=O)C4(C)C. The molecule has 12 heteroatoms. The molecule has 0 amide bonds. The van der Waals surface area contributed by atoms with Crippen LogP contribution in [0.4, 0.5) is 0 Å². The van der Waals surface area contributed by atoms with Gasteiger partial charge in [0.2, 0.25) is 0 Å². The summed E-state index contributed by atoms with van der Waals surface area (Å²) >= 11 is 0. The maximum Gasteiger partial charge on any atom is 0.307 e. The van der Waals surface area contributed by atoms with E-state index in [0.717, 1.165) is 0 Å². The van der Waals surface area contributed by atoms with Crippen LogP contribution in [0.25, 0.3) is 0 Å². The summed E-state index contributed by atoms with van der Waals surface area (Å²) in [5.41, 5.74) is -5.97. The lowest BCUT2D eigenvalue weighted by molar-refractivity contribution is -0.229. The van der Waals surface area contributed by atoms with E-state index >= 15 is 0 Å². The zero-order chi connectivity index (χ0) is 30.0. The van der Waals surface area contributed by atoms with Gasteiger partial charge in [-0.15, -0.1) is 0 Å². The van der Waals surface area contributed by atoms with Crippen molar-refractivity contribution >= 4 is 29.7 Å². The molecule has 12 nitrogen and oxygen atoms in total. The van der Waals surface area contributed by atoms with Crippen LogP contribution in [0.15, 0.2) is 23.3 Å². The molecule has 5 N–H and O–H groups in total. The van der Waals surface area contributed by atoms with Gasteiger partial charge in [0.15, 0.2) is 11.4 Å². The van der Waals surface area contributed by atoms with E-state index in [1.54, 1.807) is 26.8 Å². The third kappa shape index (κ3) is 4.19. The molecule has 0 bridgehead atoms. The Morgan fingerprint density at radius 3 is 2.10 bits per heavy atom. The van der Waals surface area contributed by atoms with Crippen molar-refractivity contribution in [3.05, 3.63) is 23.3 Å². The number of carboxylic acid groups (broad SMARTS) is 2. The van der Waals surface area contributed by atoms with Gasteiger partial charge in [0.25, 0.3) is 0 Å². The molecule has 0 aromatic carbocycles. The zero-order valence-corrected chi connectivity index (χ0v) is 22.9. The lowest BCUT2D eigenvalue weighted by atomic mass is 9.59. The van der Waals surface area contributed by atoms with E-state index in [1.165, 1.54) is 13.0 Å². The highest BCUT2D eigenvalue weighted by molar-refractivity contribution is 6.04. The maximum absolute atomic E-state index is 13.2. The molecule has 0 aromatic heterocycles. The van der Waals surface area contributed by atoms with Crippen molar-refractivity contribution in [1.29, 1.82) is 0 Å². The first-order chi connectivity index (χ1) is 18.5. The minimum atomic E-state index is -2.08. The van der Waals surface area contributed by atoms with Crippen LogP contribution in [0.1, 0.15) is 59.8 Å². The Bertz CT molecular complexity index is 1220. The predicted octanol–water partition coefficient (Wildman–Crippen LogP) is 0.762. The summed E-state index contributed by atoms with van der Waals surface area (Å²) in [4.78, 5) is 61.1. The van der Waals surface area contributed by atoms with E-state index in [-0.39, 0.29) is 12.0 Å². The standard InChI is InChI=1S/C28H36O12/c1-13-9-17-26(37,23(13)36)11-15(12-29)10-16-22-25(3,4)28(22,40-21(35)8-6-19(32)33)24(14(2)27(16,17)38)39-20(34)7-5-18(30)31/h9-10,14,16-17,22,24,29,37-38H,5-8,11-12H2,1-4H3,(H,30,31)(H,32,33)/t14-,16+,17-,22-,24-,26-,27-,28-/m1/s1. The van der Waals surface area contributed by atoms with E-state index in [0.29, 0.717) is 5.57 Å². The lowest BCUT2D eigenvalue weighted by Gasteiger charge is -2.53. The second-order valence-corrected chi connectivity index (χ2v) is 12.1. The van der Waals surface area contributed by atoms with Crippen molar-refractivity contribution in [1.82, 2.24) is 0 Å². The lowest BCUT2D eigenvalue weighted by Crippen LogP contribution is -2.66. The summed E-state index contributed by atoms with van der Waals surface area (Å²) in [6, 6.07) is 0. The van der Waals surface area contributed by atoms with E-state index in [1.807, 2.05) is 0 Å². The molecule has 0 spiro atoms. The Morgan fingerprint density at radius 2 is 1.55 bits per heavy atom. The Morgan fingerprint density at radius 1 is 0.975 bits per heavy atom. The monoisotopic (exact) mass is 564 g/mol. The molecule has 220 valence electrons. The van der Waals surface area contributed by atoms with Gasteiger partial charge in [-0.25, -0.2) is 0 Å². The van der Waals surface area contributed by atoms with Crippen LogP contribution in [0.5, 0.6) is 0 Å². The third-order valence-electron chi connectivity index (χ3n) is 9.59. The normalized spacial score (nSPS) is 39.0. The molecule has 4 aliphatic carbocycles. The van der Waals surface area contributed by atoms with Crippen LogP contribution in [-0.2, 0) is 33.4 Å². The van der Waals surface area contributed by atoms with Gasteiger partial charge in [0, 0.05) is 35.5 Å². The fraction of sp³-hybridized carbons (Fsp3) is 0.679. The van der Waals surface area contributed by atoms with Crippen LogP contribution in [0.3, 0.4) is 0 Å². The summed E-state index contributed by atoms with van der Waals surface area (Å²) in [5, 5.41) is 52.5. The number of carboxylic acids is 2. The number of ketones is 1. The summed E-state index contributed by atoms with van der Waals surface area (Å²) in [6.45, 7) is 6.03. The number of aliphatic hydroxyl groups is 3. The average Bonchev–Trinajstić information content (AvgIpc) is 3.29. The van der Waals surface area contributed by atoms with Crippen molar-refractivity contribution in [2.45, 2.75) is 82.7 Å². The van der Waals surface area contributed by atoms with Crippen LogP contribution >= 0.6 is 0 Å². The molecule has 0 aliphatic heterocycles. The van der Waals surface area contributed by atoms with E-state index in [9.17, 15) is 39.3 Å². The molecule has 4 rings (SSSR count). The number of aliphatic hydroxyl groups excluding tert-OH is 1. The van der Waals surface area contributed by atoms with Crippen molar-refractivity contribution in [3.63, 3.8) is 0 Å². The fourth-order valence-electron chi connectivity index (χ4n) is 7.68. The van der Waals surface area contributed by atoms with Crippen molar-refractivity contribution < 1.29 is 59.0 Å². The first kappa shape index (κ1) is 29.9. The largest absolute Gasteiger partial charge is 0.481 e. The Kier molecular flexibility index (Phi) is 7.30. The zero-order valence-electron chi connectivity index (χ0n) is 22.9. The number of Topliss-reactive ketones (excluding diaryl/α,β-unsaturated/α-hetero) is 1. The maximum atomic E-state index is 13.2. The first-order valence-electron chi connectivity index (χ1n) is 13.3. The van der Waals surface area contributed by atoms with Gasteiger partial charge in [-0.05, 0) is 18.1 Å². The van der Waals surface area contributed by atoms with Crippen LogP contribution < -0.4 is 0 Å². The molecule has 0 unspecified atom stereocenters. The second-order valence-electron chi connectivity index (χ2n) is 12.1. The number of fused-ring (bicyclic) bond motifs is 5. The molecule has 8 atom stereocenters. The van der Waals surface area contributed by atoms with Gasteiger partial charge >= 0.3 is 23.9 Å². The average molecular weight is 565 g/mol. The van der Waals surface area contributed by atoms with Gasteiger partial charge in [-0.1, -0.05) is 32.9 Å². The van der Waals surface area contributed by atoms with E-state index in [2.05, 4.69) is 0 Å². The number of rotatable bonds is 9. The second kappa shape index (κ2) is 9.78. The number of aliphatic carboxylic acids is 2. The van der Waals surface area contributed by atoms with Crippen LogP contribution in [0, 0.1) is 29.1 Å². The summed E-state index contributed by atoms with van der Waals surface area (Å²) < 4.78 is 11.8. The minimum absolute atomic E-state index is 0.230. The molecule has 2 fully saturated rings. The van der Waals surface area contributed by atoms with E-state index < -0.39 is 114 Å².